The number of pyridine rings is 1. The van der Waals surface area contributed by atoms with E-state index < -0.39 is 5.97 Å². The number of rotatable bonds is 5. The van der Waals surface area contributed by atoms with Crippen molar-refractivity contribution in [1.29, 1.82) is 0 Å². The predicted octanol–water partition coefficient (Wildman–Crippen LogP) is 2.81. The number of hydrogen-bond acceptors (Lipinski definition) is 4. The number of carboxylic acids is 1. The molecule has 0 saturated carbocycles. The molecular formula is C13H13NO3S. The molecule has 4 nitrogen and oxygen atoms in total. The monoisotopic (exact) mass is 263 g/mol. The highest BCUT2D eigenvalue weighted by atomic mass is 32.2. The number of benzene rings is 1. The Morgan fingerprint density at radius 1 is 1.44 bits per heavy atom. The van der Waals surface area contributed by atoms with Gasteiger partial charge in [0.1, 0.15) is 5.75 Å². The molecule has 0 aliphatic rings. The largest absolute Gasteiger partial charge is 0.494 e. The molecule has 2 aromatic rings. The van der Waals surface area contributed by atoms with Crippen LogP contribution >= 0.6 is 11.8 Å². The molecule has 1 N–H and O–H groups in total. The molecule has 0 radical (unpaired) electrons. The van der Waals surface area contributed by atoms with Crippen molar-refractivity contribution in [2.24, 2.45) is 0 Å². The van der Waals surface area contributed by atoms with Gasteiger partial charge < -0.3 is 9.84 Å². The van der Waals surface area contributed by atoms with Gasteiger partial charge >= 0.3 is 5.97 Å². The smallest absolute Gasteiger partial charge is 0.313 e. The van der Waals surface area contributed by atoms with Crippen molar-refractivity contribution < 1.29 is 14.6 Å². The van der Waals surface area contributed by atoms with Crippen molar-refractivity contribution in [3.05, 3.63) is 30.5 Å². The molecule has 94 valence electrons. The number of aliphatic carboxylic acids is 1. The SMILES string of the molecule is CCOc1ccc2c(SCC(=O)O)ccnc2c1. The standard InChI is InChI=1S/C13H13NO3S/c1-2-17-9-3-4-10-11(7-9)14-6-5-12(10)18-8-13(15)16/h3-7H,2,8H2,1H3,(H,15,16). The summed E-state index contributed by atoms with van der Waals surface area (Å²) in [4.78, 5) is 15.8. The molecule has 0 aliphatic heterocycles. The lowest BCUT2D eigenvalue weighted by atomic mass is 10.2. The van der Waals surface area contributed by atoms with Crippen LogP contribution in [-0.4, -0.2) is 28.4 Å². The Bertz CT molecular complexity index is 571. The Labute approximate surface area is 109 Å². The van der Waals surface area contributed by atoms with Crippen molar-refractivity contribution >= 4 is 28.6 Å². The van der Waals surface area contributed by atoms with Gasteiger partial charge in [0.05, 0.1) is 17.9 Å². The molecule has 0 spiro atoms. The molecule has 0 amide bonds. The summed E-state index contributed by atoms with van der Waals surface area (Å²) < 4.78 is 5.41. The fourth-order valence-corrected chi connectivity index (χ4v) is 2.39. The highest BCUT2D eigenvalue weighted by molar-refractivity contribution is 8.00. The van der Waals surface area contributed by atoms with E-state index in [0.29, 0.717) is 6.61 Å². The van der Waals surface area contributed by atoms with Crippen LogP contribution in [0.3, 0.4) is 0 Å². The van der Waals surface area contributed by atoms with Gasteiger partial charge in [-0.2, -0.15) is 0 Å². The number of nitrogens with zero attached hydrogens (tertiary/aromatic N) is 1. The Kier molecular flexibility index (Phi) is 4.04. The number of fused-ring (bicyclic) bond motifs is 1. The van der Waals surface area contributed by atoms with Crippen LogP contribution in [0.4, 0.5) is 0 Å². The van der Waals surface area contributed by atoms with Crippen LogP contribution in [0.1, 0.15) is 6.92 Å². The van der Waals surface area contributed by atoms with Gasteiger partial charge in [0.2, 0.25) is 0 Å². The first-order chi connectivity index (χ1) is 8.70. The molecule has 0 saturated heterocycles. The van der Waals surface area contributed by atoms with Gasteiger partial charge in [0.15, 0.2) is 0 Å². The molecule has 0 fully saturated rings. The second kappa shape index (κ2) is 5.73. The Balaban J connectivity index is 2.34. The maximum absolute atomic E-state index is 10.6. The van der Waals surface area contributed by atoms with Crippen LogP contribution in [0.5, 0.6) is 5.75 Å². The third kappa shape index (κ3) is 2.92. The topological polar surface area (TPSA) is 59.4 Å². The van der Waals surface area contributed by atoms with Crippen LogP contribution < -0.4 is 4.74 Å². The van der Waals surface area contributed by atoms with E-state index >= 15 is 0 Å². The first-order valence-corrected chi connectivity index (χ1v) is 6.55. The highest BCUT2D eigenvalue weighted by Crippen LogP contribution is 2.28. The minimum Gasteiger partial charge on any atom is -0.494 e. The van der Waals surface area contributed by atoms with Gasteiger partial charge in [-0.05, 0) is 25.1 Å². The molecule has 5 heteroatoms. The number of hydrogen-bond donors (Lipinski definition) is 1. The number of thioether (sulfide) groups is 1. The van der Waals surface area contributed by atoms with E-state index in [9.17, 15) is 4.79 Å². The zero-order valence-corrected chi connectivity index (χ0v) is 10.7. The molecule has 1 heterocycles. The predicted molar refractivity (Wildman–Crippen MR) is 71.3 cm³/mol. The zero-order chi connectivity index (χ0) is 13.0. The van der Waals surface area contributed by atoms with Gasteiger partial charge in [-0.15, -0.1) is 11.8 Å². The number of ether oxygens (including phenoxy) is 1. The zero-order valence-electron chi connectivity index (χ0n) is 9.92. The van der Waals surface area contributed by atoms with Crippen molar-refractivity contribution in [3.63, 3.8) is 0 Å². The number of aromatic nitrogens is 1. The maximum Gasteiger partial charge on any atom is 0.313 e. The lowest BCUT2D eigenvalue weighted by Gasteiger charge is -2.07. The van der Waals surface area contributed by atoms with Crippen LogP contribution in [-0.2, 0) is 4.79 Å². The summed E-state index contributed by atoms with van der Waals surface area (Å²) in [6, 6.07) is 7.48. The summed E-state index contributed by atoms with van der Waals surface area (Å²) in [5.74, 6) is 0.000518. The third-order valence-corrected chi connectivity index (χ3v) is 3.39. The molecule has 0 aliphatic carbocycles. The van der Waals surface area contributed by atoms with Gasteiger partial charge in [0, 0.05) is 22.5 Å². The molecule has 0 atom stereocenters. The number of carbonyl (C=O) groups is 1. The van der Waals surface area contributed by atoms with Gasteiger partial charge in [-0.1, -0.05) is 0 Å². The first-order valence-electron chi connectivity index (χ1n) is 5.57. The lowest BCUT2D eigenvalue weighted by Crippen LogP contribution is -1.97. The molecule has 1 aromatic heterocycles. The van der Waals surface area contributed by atoms with E-state index in [1.165, 1.54) is 11.8 Å². The van der Waals surface area contributed by atoms with E-state index in [1.807, 2.05) is 31.2 Å². The summed E-state index contributed by atoms with van der Waals surface area (Å²) in [7, 11) is 0. The van der Waals surface area contributed by atoms with Crippen molar-refractivity contribution in [2.45, 2.75) is 11.8 Å². The fraction of sp³-hybridized carbons (Fsp3) is 0.231. The minimum atomic E-state index is -0.823. The van der Waals surface area contributed by atoms with E-state index in [1.54, 1.807) is 6.20 Å². The van der Waals surface area contributed by atoms with Crippen LogP contribution in [0.15, 0.2) is 35.4 Å². The lowest BCUT2D eigenvalue weighted by molar-refractivity contribution is -0.133. The first kappa shape index (κ1) is 12.7. The fourth-order valence-electron chi connectivity index (χ4n) is 1.62. The second-order valence-electron chi connectivity index (χ2n) is 3.60. The third-order valence-electron chi connectivity index (χ3n) is 2.34. The van der Waals surface area contributed by atoms with Crippen LogP contribution in [0.2, 0.25) is 0 Å². The molecule has 1 aromatic carbocycles. The van der Waals surface area contributed by atoms with E-state index in [-0.39, 0.29) is 5.75 Å². The van der Waals surface area contributed by atoms with Crippen molar-refractivity contribution in [2.75, 3.05) is 12.4 Å². The van der Waals surface area contributed by atoms with Gasteiger partial charge in [-0.25, -0.2) is 0 Å². The average Bonchev–Trinajstić information content (AvgIpc) is 2.36. The average molecular weight is 263 g/mol. The Morgan fingerprint density at radius 2 is 2.28 bits per heavy atom. The van der Waals surface area contributed by atoms with Crippen molar-refractivity contribution in [3.8, 4) is 5.75 Å². The molecule has 2 rings (SSSR count). The van der Waals surface area contributed by atoms with E-state index in [0.717, 1.165) is 21.5 Å². The summed E-state index contributed by atoms with van der Waals surface area (Å²) in [6.07, 6.45) is 1.68. The molecular weight excluding hydrogens is 250 g/mol. The quantitative estimate of drug-likeness (QED) is 0.840. The minimum absolute atomic E-state index is 0.0479. The summed E-state index contributed by atoms with van der Waals surface area (Å²) in [5.41, 5.74) is 0.816. The Hall–Kier alpha value is -1.75. The summed E-state index contributed by atoms with van der Waals surface area (Å²) in [6.45, 7) is 2.54. The van der Waals surface area contributed by atoms with Crippen LogP contribution in [0, 0.1) is 0 Å². The van der Waals surface area contributed by atoms with Crippen LogP contribution in [0.25, 0.3) is 10.9 Å². The summed E-state index contributed by atoms with van der Waals surface area (Å²) >= 11 is 1.30. The molecule has 0 bridgehead atoms. The van der Waals surface area contributed by atoms with Gasteiger partial charge in [0.25, 0.3) is 0 Å². The highest BCUT2D eigenvalue weighted by Gasteiger charge is 2.06. The van der Waals surface area contributed by atoms with E-state index in [2.05, 4.69) is 4.98 Å². The molecule has 0 unspecified atom stereocenters. The number of carboxylic acid groups (broad SMARTS) is 1. The van der Waals surface area contributed by atoms with Crippen molar-refractivity contribution in [1.82, 2.24) is 4.98 Å². The maximum atomic E-state index is 10.6. The second-order valence-corrected chi connectivity index (χ2v) is 4.62. The molecule has 18 heavy (non-hydrogen) atoms. The van der Waals surface area contributed by atoms with E-state index in [4.69, 9.17) is 9.84 Å². The summed E-state index contributed by atoms with van der Waals surface area (Å²) in [5, 5.41) is 9.66. The normalized spacial score (nSPS) is 10.5. The van der Waals surface area contributed by atoms with Gasteiger partial charge in [-0.3, -0.25) is 9.78 Å². The Morgan fingerprint density at radius 3 is 3.00 bits per heavy atom.